The molecule has 6 nitrogen and oxygen atoms in total. The van der Waals surface area contributed by atoms with Crippen LogP contribution in [0.1, 0.15) is 11.1 Å². The molecule has 0 bridgehead atoms. The molecule has 0 radical (unpaired) electrons. The number of nitrogens with zero attached hydrogens (tertiary/aromatic N) is 2. The van der Waals surface area contributed by atoms with Crippen molar-refractivity contribution < 1.29 is 13.3 Å². The van der Waals surface area contributed by atoms with Crippen molar-refractivity contribution in [1.82, 2.24) is 0 Å². The molecule has 0 aromatic heterocycles. The summed E-state index contributed by atoms with van der Waals surface area (Å²) in [4.78, 5) is 10.9. The van der Waals surface area contributed by atoms with Crippen LogP contribution >= 0.6 is 0 Å². The normalized spacial score (nSPS) is 13.0. The first-order valence-corrected chi connectivity index (χ1v) is 9.78. The van der Waals surface area contributed by atoms with E-state index in [1.54, 1.807) is 24.3 Å². The summed E-state index contributed by atoms with van der Waals surface area (Å²) in [5.41, 5.74) is 3.50. The quantitative estimate of drug-likeness (QED) is 0.502. The van der Waals surface area contributed by atoms with Crippen molar-refractivity contribution in [2.45, 2.75) is 18.4 Å². The number of benzene rings is 3. The standard InChI is InChI=1S/C20H16N2O4S/c1-14-6-9-17(10-7-14)27(25,26)21-13-15-4-2-3-5-18(15)19-12-16(22(23)24)8-11-20(19)21/h2-12H,13H2,1H3. The lowest BCUT2D eigenvalue weighted by Crippen LogP contribution is -2.33. The Morgan fingerprint density at radius 2 is 1.67 bits per heavy atom. The van der Waals surface area contributed by atoms with E-state index in [1.165, 1.54) is 22.5 Å². The minimum atomic E-state index is -3.80. The molecule has 0 N–H and O–H groups in total. The largest absolute Gasteiger partial charge is 0.270 e. The highest BCUT2D eigenvalue weighted by Gasteiger charge is 2.32. The Bertz CT molecular complexity index is 1150. The molecule has 4 rings (SSSR count). The Hall–Kier alpha value is -3.19. The van der Waals surface area contributed by atoms with Gasteiger partial charge < -0.3 is 0 Å². The number of rotatable bonds is 3. The minimum Gasteiger partial charge on any atom is -0.261 e. The Labute approximate surface area is 156 Å². The number of aryl methyl sites for hydroxylation is 1. The van der Waals surface area contributed by atoms with Crippen molar-refractivity contribution in [1.29, 1.82) is 0 Å². The summed E-state index contributed by atoms with van der Waals surface area (Å²) in [5, 5.41) is 11.2. The molecule has 0 amide bonds. The van der Waals surface area contributed by atoms with Crippen LogP contribution in [0.2, 0.25) is 0 Å². The average Bonchev–Trinajstić information content (AvgIpc) is 2.67. The topological polar surface area (TPSA) is 80.5 Å². The van der Waals surface area contributed by atoms with E-state index in [9.17, 15) is 18.5 Å². The van der Waals surface area contributed by atoms with Gasteiger partial charge in [-0.2, -0.15) is 0 Å². The van der Waals surface area contributed by atoms with E-state index in [-0.39, 0.29) is 17.1 Å². The minimum absolute atomic E-state index is 0.0712. The van der Waals surface area contributed by atoms with Crippen LogP contribution in [0.25, 0.3) is 11.1 Å². The molecular weight excluding hydrogens is 364 g/mol. The zero-order chi connectivity index (χ0) is 19.2. The Morgan fingerprint density at radius 3 is 2.37 bits per heavy atom. The van der Waals surface area contributed by atoms with Crippen LogP contribution in [0.15, 0.2) is 71.6 Å². The molecule has 0 unspecified atom stereocenters. The SMILES string of the molecule is Cc1ccc(S(=O)(=O)N2Cc3ccccc3-c3cc([N+](=O)[O-])ccc32)cc1. The third-order valence-corrected chi connectivity index (χ3v) is 6.46. The molecule has 0 aliphatic carbocycles. The van der Waals surface area contributed by atoms with E-state index in [1.807, 2.05) is 31.2 Å². The molecular formula is C20H16N2O4S. The van der Waals surface area contributed by atoms with Gasteiger partial charge >= 0.3 is 0 Å². The lowest BCUT2D eigenvalue weighted by molar-refractivity contribution is -0.384. The maximum Gasteiger partial charge on any atom is 0.270 e. The van der Waals surface area contributed by atoms with Crippen LogP contribution in [0.3, 0.4) is 0 Å². The van der Waals surface area contributed by atoms with E-state index in [2.05, 4.69) is 0 Å². The fourth-order valence-corrected chi connectivity index (χ4v) is 4.75. The van der Waals surface area contributed by atoms with Gasteiger partial charge in [-0.05, 0) is 36.2 Å². The smallest absolute Gasteiger partial charge is 0.261 e. The number of fused-ring (bicyclic) bond motifs is 3. The summed E-state index contributed by atoms with van der Waals surface area (Å²) in [7, 11) is -3.80. The van der Waals surface area contributed by atoms with Gasteiger partial charge in [0.1, 0.15) is 0 Å². The van der Waals surface area contributed by atoms with E-state index >= 15 is 0 Å². The van der Waals surface area contributed by atoms with Crippen molar-refractivity contribution >= 4 is 21.4 Å². The number of hydrogen-bond donors (Lipinski definition) is 0. The lowest BCUT2D eigenvalue weighted by atomic mass is 9.94. The summed E-state index contributed by atoms with van der Waals surface area (Å²) in [6, 6.07) is 18.3. The van der Waals surface area contributed by atoms with Crippen LogP contribution in [0, 0.1) is 17.0 Å². The summed E-state index contributed by atoms with van der Waals surface area (Å²) in [5.74, 6) is 0. The van der Waals surface area contributed by atoms with Crippen molar-refractivity contribution in [3.05, 3.63) is 88.0 Å². The second kappa shape index (κ2) is 6.21. The number of anilines is 1. The molecule has 136 valence electrons. The second-order valence-corrected chi connectivity index (χ2v) is 8.30. The van der Waals surface area contributed by atoms with Gasteiger partial charge in [0.25, 0.3) is 15.7 Å². The number of hydrogen-bond acceptors (Lipinski definition) is 4. The fourth-order valence-electron chi connectivity index (χ4n) is 3.28. The van der Waals surface area contributed by atoms with Gasteiger partial charge in [0.05, 0.1) is 22.1 Å². The van der Waals surface area contributed by atoms with E-state index in [0.717, 1.165) is 16.7 Å². The average molecular weight is 380 g/mol. The highest BCUT2D eigenvalue weighted by Crippen LogP contribution is 2.43. The zero-order valence-electron chi connectivity index (χ0n) is 14.5. The lowest BCUT2D eigenvalue weighted by Gasteiger charge is -2.32. The van der Waals surface area contributed by atoms with Gasteiger partial charge in [-0.15, -0.1) is 0 Å². The van der Waals surface area contributed by atoms with Crippen LogP contribution in [-0.2, 0) is 16.6 Å². The maximum atomic E-state index is 13.3. The van der Waals surface area contributed by atoms with Gasteiger partial charge in [0.2, 0.25) is 0 Å². The Morgan fingerprint density at radius 1 is 0.963 bits per heavy atom. The van der Waals surface area contributed by atoms with Crippen LogP contribution in [0.5, 0.6) is 0 Å². The van der Waals surface area contributed by atoms with Gasteiger partial charge in [-0.1, -0.05) is 42.0 Å². The second-order valence-electron chi connectivity index (χ2n) is 6.44. The first kappa shape index (κ1) is 17.2. The third kappa shape index (κ3) is 2.86. The fraction of sp³-hybridized carbons (Fsp3) is 0.100. The Kier molecular flexibility index (Phi) is 3.96. The molecule has 27 heavy (non-hydrogen) atoms. The van der Waals surface area contributed by atoms with Crippen molar-refractivity contribution in [2.75, 3.05) is 4.31 Å². The number of non-ortho nitro benzene ring substituents is 1. The van der Waals surface area contributed by atoms with Gasteiger partial charge in [-0.3, -0.25) is 14.4 Å². The third-order valence-electron chi connectivity index (χ3n) is 4.69. The monoisotopic (exact) mass is 380 g/mol. The van der Waals surface area contributed by atoms with E-state index < -0.39 is 14.9 Å². The Balaban J connectivity index is 1.92. The van der Waals surface area contributed by atoms with Gasteiger partial charge in [-0.25, -0.2) is 8.42 Å². The number of nitro benzene ring substituents is 1. The molecule has 3 aromatic rings. The molecule has 7 heteroatoms. The van der Waals surface area contributed by atoms with Gasteiger partial charge in [0, 0.05) is 17.7 Å². The van der Waals surface area contributed by atoms with Crippen LogP contribution in [0.4, 0.5) is 11.4 Å². The molecule has 1 heterocycles. The molecule has 0 atom stereocenters. The maximum absolute atomic E-state index is 13.3. The highest BCUT2D eigenvalue weighted by atomic mass is 32.2. The van der Waals surface area contributed by atoms with Crippen molar-refractivity contribution in [3.8, 4) is 11.1 Å². The van der Waals surface area contributed by atoms with E-state index in [4.69, 9.17) is 0 Å². The summed E-state index contributed by atoms with van der Waals surface area (Å²) in [6.45, 7) is 2.07. The predicted octanol–water partition coefficient (Wildman–Crippen LogP) is 4.28. The number of nitro groups is 1. The zero-order valence-corrected chi connectivity index (χ0v) is 15.3. The molecule has 1 aliphatic heterocycles. The van der Waals surface area contributed by atoms with E-state index in [0.29, 0.717) is 11.3 Å². The summed E-state index contributed by atoms with van der Waals surface area (Å²) >= 11 is 0. The first-order valence-electron chi connectivity index (χ1n) is 8.34. The predicted molar refractivity (Wildman–Crippen MR) is 103 cm³/mol. The first-order chi connectivity index (χ1) is 12.9. The molecule has 1 aliphatic rings. The number of sulfonamides is 1. The molecule has 0 saturated carbocycles. The molecule has 0 fully saturated rings. The summed E-state index contributed by atoms with van der Waals surface area (Å²) in [6.07, 6.45) is 0. The van der Waals surface area contributed by atoms with Crippen molar-refractivity contribution in [2.24, 2.45) is 0 Å². The molecule has 0 spiro atoms. The molecule has 3 aromatic carbocycles. The van der Waals surface area contributed by atoms with Gasteiger partial charge in [0.15, 0.2) is 0 Å². The van der Waals surface area contributed by atoms with Crippen LogP contribution in [-0.4, -0.2) is 13.3 Å². The molecule has 0 saturated heterocycles. The van der Waals surface area contributed by atoms with Crippen LogP contribution < -0.4 is 4.31 Å². The highest BCUT2D eigenvalue weighted by molar-refractivity contribution is 7.92. The van der Waals surface area contributed by atoms with Crippen molar-refractivity contribution in [3.63, 3.8) is 0 Å². The summed E-state index contributed by atoms with van der Waals surface area (Å²) < 4.78 is 27.9.